The van der Waals surface area contributed by atoms with Crippen molar-refractivity contribution in [3.8, 4) is 5.75 Å². The van der Waals surface area contributed by atoms with Crippen LogP contribution in [0.5, 0.6) is 5.75 Å². The molecule has 0 aromatic heterocycles. The van der Waals surface area contributed by atoms with Crippen LogP contribution in [0.1, 0.15) is 19.3 Å². The molecule has 1 aromatic carbocycles. The fourth-order valence-corrected chi connectivity index (χ4v) is 3.84. The molecule has 1 amide bonds. The summed E-state index contributed by atoms with van der Waals surface area (Å²) in [4.78, 5) is 15.0. The second-order valence-electron chi connectivity index (χ2n) is 6.67. The molecule has 3 rings (SSSR count). The number of hydrogen-bond acceptors (Lipinski definition) is 5. The zero-order valence-electron chi connectivity index (χ0n) is 15.6. The van der Waals surface area contributed by atoms with Gasteiger partial charge in [0, 0.05) is 31.3 Å². The molecule has 1 aromatic rings. The van der Waals surface area contributed by atoms with Crippen molar-refractivity contribution in [3.63, 3.8) is 0 Å². The van der Waals surface area contributed by atoms with Crippen LogP contribution < -0.4 is 20.3 Å². The molecule has 2 heterocycles. The maximum Gasteiger partial charge on any atom is 0.252 e. The van der Waals surface area contributed by atoms with E-state index in [4.69, 9.17) is 21.1 Å². The van der Waals surface area contributed by atoms with E-state index in [2.05, 4.69) is 15.5 Å². The fourth-order valence-electron chi connectivity index (χ4n) is 3.68. The molecular formula is C18H28Cl3N3O3. The molecule has 2 aliphatic rings. The lowest BCUT2D eigenvalue weighted by Gasteiger charge is -2.35. The van der Waals surface area contributed by atoms with Gasteiger partial charge in [-0.15, -0.1) is 24.8 Å². The Bertz CT molecular complexity index is 627. The molecule has 1 atom stereocenters. The van der Waals surface area contributed by atoms with E-state index < -0.39 is 5.60 Å². The van der Waals surface area contributed by atoms with Crippen molar-refractivity contribution in [1.29, 1.82) is 0 Å². The molecule has 0 radical (unpaired) electrons. The number of hydrogen-bond donors (Lipinski definition) is 2. The van der Waals surface area contributed by atoms with E-state index in [1.807, 2.05) is 18.2 Å². The van der Waals surface area contributed by atoms with E-state index in [1.54, 1.807) is 14.2 Å². The van der Waals surface area contributed by atoms with Gasteiger partial charge < -0.3 is 25.0 Å². The highest BCUT2D eigenvalue weighted by molar-refractivity contribution is 6.30. The summed E-state index contributed by atoms with van der Waals surface area (Å²) in [6, 6.07) is 5.70. The summed E-state index contributed by atoms with van der Waals surface area (Å²) in [5.74, 6) is 0.796. The molecule has 1 unspecified atom stereocenters. The van der Waals surface area contributed by atoms with Gasteiger partial charge in [0.15, 0.2) is 0 Å². The predicted octanol–water partition coefficient (Wildman–Crippen LogP) is 2.66. The van der Waals surface area contributed by atoms with Gasteiger partial charge >= 0.3 is 0 Å². The Morgan fingerprint density at radius 2 is 2.00 bits per heavy atom. The van der Waals surface area contributed by atoms with Crippen LogP contribution >= 0.6 is 36.4 Å². The number of halogens is 3. The standard InChI is InChI=1S/C18H26ClN3O3.2ClH/c1-24-16-4-3-13(19)11-15(16)22-10-5-14(12-22)21-17(23)18(25-2)6-8-20-9-7-18;;/h3-4,11,14,20H,5-10,12H2,1-2H3,(H,21,23);2*1H. The average Bonchev–Trinajstić information content (AvgIpc) is 3.10. The van der Waals surface area contributed by atoms with E-state index in [-0.39, 0.29) is 36.8 Å². The summed E-state index contributed by atoms with van der Waals surface area (Å²) in [5, 5.41) is 7.14. The molecule has 0 aliphatic carbocycles. The Labute approximate surface area is 178 Å². The molecular weight excluding hydrogens is 413 g/mol. The van der Waals surface area contributed by atoms with Crippen molar-refractivity contribution >= 4 is 48.0 Å². The number of nitrogens with zero attached hydrogens (tertiary/aromatic N) is 1. The van der Waals surface area contributed by atoms with Crippen molar-refractivity contribution < 1.29 is 14.3 Å². The molecule has 2 fully saturated rings. The highest BCUT2D eigenvalue weighted by Gasteiger charge is 2.41. The molecule has 2 saturated heterocycles. The first-order valence-corrected chi connectivity index (χ1v) is 9.11. The van der Waals surface area contributed by atoms with Gasteiger partial charge in [-0.05, 0) is 50.6 Å². The van der Waals surface area contributed by atoms with Crippen LogP contribution in [0.25, 0.3) is 0 Å². The van der Waals surface area contributed by atoms with Gasteiger partial charge in [0.25, 0.3) is 5.91 Å². The molecule has 6 nitrogen and oxygen atoms in total. The highest BCUT2D eigenvalue weighted by atomic mass is 35.5. The van der Waals surface area contributed by atoms with Crippen LogP contribution in [0, 0.1) is 0 Å². The van der Waals surface area contributed by atoms with Crippen molar-refractivity contribution in [3.05, 3.63) is 23.2 Å². The Hall–Kier alpha value is -0.920. The Morgan fingerprint density at radius 3 is 2.63 bits per heavy atom. The van der Waals surface area contributed by atoms with Crippen molar-refractivity contribution in [2.45, 2.75) is 30.9 Å². The highest BCUT2D eigenvalue weighted by Crippen LogP contribution is 2.33. The number of ether oxygens (including phenoxy) is 2. The summed E-state index contributed by atoms with van der Waals surface area (Å²) in [6.07, 6.45) is 2.29. The third-order valence-electron chi connectivity index (χ3n) is 5.22. The molecule has 154 valence electrons. The van der Waals surface area contributed by atoms with Gasteiger partial charge in [-0.2, -0.15) is 0 Å². The van der Waals surface area contributed by atoms with Gasteiger partial charge in [0.05, 0.1) is 12.8 Å². The lowest BCUT2D eigenvalue weighted by Crippen LogP contribution is -2.56. The first-order valence-electron chi connectivity index (χ1n) is 8.73. The summed E-state index contributed by atoms with van der Waals surface area (Å²) in [6.45, 7) is 3.19. The maximum absolute atomic E-state index is 12.8. The van der Waals surface area contributed by atoms with Crippen molar-refractivity contribution in [2.24, 2.45) is 0 Å². The van der Waals surface area contributed by atoms with Crippen LogP contribution in [0.4, 0.5) is 5.69 Å². The summed E-state index contributed by atoms with van der Waals surface area (Å²) in [7, 11) is 3.28. The minimum atomic E-state index is -0.702. The molecule has 2 N–H and O–H groups in total. The number of methoxy groups -OCH3 is 2. The summed E-state index contributed by atoms with van der Waals surface area (Å²) >= 11 is 6.14. The Balaban J connectivity index is 0.00000182. The van der Waals surface area contributed by atoms with Crippen LogP contribution in [-0.4, -0.2) is 57.9 Å². The number of nitrogens with one attached hydrogen (secondary N) is 2. The van der Waals surface area contributed by atoms with E-state index >= 15 is 0 Å². The zero-order chi connectivity index (χ0) is 17.9. The first kappa shape index (κ1) is 24.1. The van der Waals surface area contributed by atoms with Gasteiger partial charge in [-0.3, -0.25) is 4.79 Å². The van der Waals surface area contributed by atoms with E-state index in [0.717, 1.165) is 44.0 Å². The number of carbonyl (C=O) groups is 1. The third-order valence-corrected chi connectivity index (χ3v) is 5.46. The van der Waals surface area contributed by atoms with Gasteiger partial charge in [-0.25, -0.2) is 0 Å². The number of rotatable bonds is 5. The van der Waals surface area contributed by atoms with Crippen LogP contribution in [0.15, 0.2) is 18.2 Å². The topological polar surface area (TPSA) is 62.8 Å². The minimum Gasteiger partial charge on any atom is -0.495 e. The lowest BCUT2D eigenvalue weighted by molar-refractivity contribution is -0.147. The SMILES string of the molecule is COc1ccc(Cl)cc1N1CCC(NC(=O)C2(OC)CCNCC2)C1.Cl.Cl. The van der Waals surface area contributed by atoms with Crippen molar-refractivity contribution in [1.82, 2.24) is 10.6 Å². The van der Waals surface area contributed by atoms with Crippen LogP contribution in [-0.2, 0) is 9.53 Å². The number of benzene rings is 1. The zero-order valence-corrected chi connectivity index (χ0v) is 18.0. The lowest BCUT2D eigenvalue weighted by atomic mass is 9.90. The number of amides is 1. The third kappa shape index (κ3) is 5.33. The van der Waals surface area contributed by atoms with E-state index in [0.29, 0.717) is 17.9 Å². The molecule has 27 heavy (non-hydrogen) atoms. The monoisotopic (exact) mass is 439 g/mol. The normalized spacial score (nSPS) is 21.0. The van der Waals surface area contributed by atoms with E-state index in [9.17, 15) is 4.79 Å². The van der Waals surface area contributed by atoms with Gasteiger partial charge in [0.1, 0.15) is 11.4 Å². The Morgan fingerprint density at radius 1 is 1.30 bits per heavy atom. The second-order valence-corrected chi connectivity index (χ2v) is 7.11. The van der Waals surface area contributed by atoms with Crippen molar-refractivity contribution in [2.75, 3.05) is 45.3 Å². The maximum atomic E-state index is 12.8. The second kappa shape index (κ2) is 10.6. The molecule has 2 aliphatic heterocycles. The average molecular weight is 441 g/mol. The van der Waals surface area contributed by atoms with Gasteiger partial charge in [0.2, 0.25) is 0 Å². The number of piperidine rings is 1. The first-order chi connectivity index (χ1) is 12.1. The summed E-state index contributed by atoms with van der Waals surface area (Å²) in [5.41, 5.74) is 0.266. The van der Waals surface area contributed by atoms with Crippen LogP contribution in [0.2, 0.25) is 5.02 Å². The molecule has 0 bridgehead atoms. The fraction of sp³-hybridized carbons (Fsp3) is 0.611. The largest absolute Gasteiger partial charge is 0.495 e. The number of carbonyl (C=O) groups excluding carboxylic acids is 1. The minimum absolute atomic E-state index is 0. The molecule has 0 saturated carbocycles. The summed E-state index contributed by atoms with van der Waals surface area (Å²) < 4.78 is 11.1. The quantitative estimate of drug-likeness (QED) is 0.737. The molecule has 0 spiro atoms. The predicted molar refractivity (Wildman–Crippen MR) is 113 cm³/mol. The smallest absolute Gasteiger partial charge is 0.252 e. The number of anilines is 1. The Kier molecular flexibility index (Phi) is 9.45. The molecule has 9 heteroatoms. The van der Waals surface area contributed by atoms with Crippen LogP contribution in [0.3, 0.4) is 0 Å². The van der Waals surface area contributed by atoms with E-state index in [1.165, 1.54) is 0 Å². The van der Waals surface area contributed by atoms with Gasteiger partial charge in [-0.1, -0.05) is 11.6 Å².